The molecule has 0 aromatic heterocycles. The van der Waals surface area contributed by atoms with Crippen LogP contribution in [0.2, 0.25) is 0 Å². The van der Waals surface area contributed by atoms with Gasteiger partial charge in [0.05, 0.1) is 12.2 Å². The Morgan fingerprint density at radius 3 is 3.06 bits per heavy atom. The van der Waals surface area contributed by atoms with Crippen molar-refractivity contribution in [3.8, 4) is 5.75 Å². The Morgan fingerprint density at radius 2 is 2.35 bits per heavy atom. The molecule has 1 atom stereocenters. The number of amides is 1. The number of esters is 1. The van der Waals surface area contributed by atoms with Crippen molar-refractivity contribution in [2.45, 2.75) is 13.2 Å². The molecule has 0 aliphatic carbocycles. The summed E-state index contributed by atoms with van der Waals surface area (Å²) in [6, 6.07) is 5.00. The summed E-state index contributed by atoms with van der Waals surface area (Å²) in [6.07, 6.45) is -1.07. The van der Waals surface area contributed by atoms with Crippen LogP contribution in [0.3, 0.4) is 0 Å². The quantitative estimate of drug-likeness (QED) is 0.840. The van der Waals surface area contributed by atoms with Gasteiger partial charge in [0.1, 0.15) is 5.75 Å². The van der Waals surface area contributed by atoms with Crippen LogP contribution in [0, 0.1) is 0 Å². The third-order valence-corrected chi connectivity index (χ3v) is 2.69. The second kappa shape index (κ2) is 4.75. The molecule has 0 spiro atoms. The van der Waals surface area contributed by atoms with Crippen molar-refractivity contribution in [2.24, 2.45) is 0 Å². The van der Waals surface area contributed by atoms with Crippen molar-refractivity contribution in [3.05, 3.63) is 28.2 Å². The van der Waals surface area contributed by atoms with Crippen molar-refractivity contribution in [1.82, 2.24) is 5.32 Å². The van der Waals surface area contributed by atoms with E-state index in [9.17, 15) is 9.59 Å². The number of hydrogen-bond donors (Lipinski definition) is 1. The fraction of sp³-hybridized carbons (Fsp3) is 0.273. The van der Waals surface area contributed by atoms with E-state index >= 15 is 0 Å². The Bertz CT molecular complexity index is 475. The summed E-state index contributed by atoms with van der Waals surface area (Å²) < 4.78 is 10.9. The molecular weight excluding hydrogens is 290 g/mol. The van der Waals surface area contributed by atoms with Gasteiger partial charge in [0.15, 0.2) is 0 Å². The van der Waals surface area contributed by atoms with E-state index in [2.05, 4.69) is 21.2 Å². The SMILES string of the molecule is CCOC(=O)[C@@H]1NC(=O)c2cc(Br)ccc2O1. The molecule has 2 rings (SSSR count). The second-order valence-electron chi connectivity index (χ2n) is 3.36. The number of benzene rings is 1. The summed E-state index contributed by atoms with van der Waals surface area (Å²) in [6.45, 7) is 1.93. The Kier molecular flexibility index (Phi) is 3.33. The molecule has 1 aliphatic rings. The molecule has 1 aromatic carbocycles. The maximum atomic E-state index is 11.7. The van der Waals surface area contributed by atoms with E-state index in [0.717, 1.165) is 4.47 Å². The number of fused-ring (bicyclic) bond motifs is 1. The van der Waals surface area contributed by atoms with Gasteiger partial charge in [0, 0.05) is 4.47 Å². The number of carbonyl (C=O) groups excluding carboxylic acids is 2. The number of carbonyl (C=O) groups is 2. The van der Waals surface area contributed by atoms with Gasteiger partial charge < -0.3 is 14.8 Å². The summed E-state index contributed by atoms with van der Waals surface area (Å²) in [5, 5.41) is 2.43. The highest BCUT2D eigenvalue weighted by Crippen LogP contribution is 2.26. The first kappa shape index (κ1) is 11.9. The summed E-state index contributed by atoms with van der Waals surface area (Å²) >= 11 is 3.26. The monoisotopic (exact) mass is 299 g/mol. The lowest BCUT2D eigenvalue weighted by Gasteiger charge is -2.25. The summed E-state index contributed by atoms with van der Waals surface area (Å²) in [5.74, 6) is -0.588. The van der Waals surface area contributed by atoms with E-state index in [1.54, 1.807) is 25.1 Å². The van der Waals surface area contributed by atoms with Crippen LogP contribution < -0.4 is 10.1 Å². The molecule has 6 heteroatoms. The number of halogens is 1. The van der Waals surface area contributed by atoms with Gasteiger partial charge >= 0.3 is 5.97 Å². The zero-order valence-electron chi connectivity index (χ0n) is 9.03. The zero-order chi connectivity index (χ0) is 12.4. The van der Waals surface area contributed by atoms with Gasteiger partial charge in [-0.25, -0.2) is 4.79 Å². The Morgan fingerprint density at radius 1 is 1.59 bits per heavy atom. The molecule has 0 saturated heterocycles. The maximum Gasteiger partial charge on any atom is 0.369 e. The first-order valence-electron chi connectivity index (χ1n) is 5.05. The number of ether oxygens (including phenoxy) is 2. The largest absolute Gasteiger partial charge is 0.462 e. The third kappa shape index (κ3) is 2.41. The minimum atomic E-state index is -1.07. The summed E-state index contributed by atoms with van der Waals surface area (Å²) in [5.41, 5.74) is 0.389. The van der Waals surface area contributed by atoms with Gasteiger partial charge in [-0.3, -0.25) is 4.79 Å². The number of nitrogens with one attached hydrogen (secondary N) is 1. The van der Waals surface area contributed by atoms with Gasteiger partial charge in [-0.2, -0.15) is 0 Å². The highest BCUT2D eigenvalue weighted by atomic mass is 79.9. The van der Waals surface area contributed by atoms with Crippen molar-refractivity contribution >= 4 is 27.8 Å². The first-order chi connectivity index (χ1) is 8.11. The van der Waals surface area contributed by atoms with Crippen LogP contribution in [-0.4, -0.2) is 24.7 Å². The molecule has 0 fully saturated rings. The van der Waals surface area contributed by atoms with Crippen LogP contribution in [0.4, 0.5) is 0 Å². The Hall–Kier alpha value is -1.56. The molecule has 1 heterocycles. The predicted octanol–water partition coefficient (Wildman–Crippen LogP) is 1.46. The molecule has 17 heavy (non-hydrogen) atoms. The van der Waals surface area contributed by atoms with Gasteiger partial charge in [0.2, 0.25) is 0 Å². The van der Waals surface area contributed by atoms with E-state index in [4.69, 9.17) is 9.47 Å². The van der Waals surface area contributed by atoms with Gasteiger partial charge in [-0.15, -0.1) is 0 Å². The fourth-order valence-electron chi connectivity index (χ4n) is 1.46. The van der Waals surface area contributed by atoms with Crippen molar-refractivity contribution in [1.29, 1.82) is 0 Å². The van der Waals surface area contributed by atoms with Crippen LogP contribution in [0.5, 0.6) is 5.75 Å². The molecule has 1 N–H and O–H groups in total. The third-order valence-electron chi connectivity index (χ3n) is 2.19. The number of rotatable bonds is 2. The molecule has 0 unspecified atom stereocenters. The lowest BCUT2D eigenvalue weighted by molar-refractivity contribution is -0.152. The summed E-state index contributed by atoms with van der Waals surface area (Å²) in [7, 11) is 0. The lowest BCUT2D eigenvalue weighted by atomic mass is 10.1. The van der Waals surface area contributed by atoms with E-state index < -0.39 is 12.2 Å². The maximum absolute atomic E-state index is 11.7. The molecule has 0 bridgehead atoms. The molecule has 1 amide bonds. The molecule has 1 aromatic rings. The van der Waals surface area contributed by atoms with Crippen LogP contribution in [0.1, 0.15) is 17.3 Å². The van der Waals surface area contributed by atoms with Crippen molar-refractivity contribution in [3.63, 3.8) is 0 Å². The smallest absolute Gasteiger partial charge is 0.369 e. The average Bonchev–Trinajstić information content (AvgIpc) is 2.30. The Balaban J connectivity index is 2.25. The highest BCUT2D eigenvalue weighted by molar-refractivity contribution is 9.10. The van der Waals surface area contributed by atoms with Crippen molar-refractivity contribution in [2.75, 3.05) is 6.61 Å². The average molecular weight is 300 g/mol. The molecule has 0 radical (unpaired) electrons. The zero-order valence-corrected chi connectivity index (χ0v) is 10.6. The topological polar surface area (TPSA) is 64.6 Å². The van der Waals surface area contributed by atoms with E-state index in [1.165, 1.54) is 0 Å². The van der Waals surface area contributed by atoms with Crippen molar-refractivity contribution < 1.29 is 19.1 Å². The van der Waals surface area contributed by atoms with E-state index in [0.29, 0.717) is 11.3 Å². The highest BCUT2D eigenvalue weighted by Gasteiger charge is 2.31. The van der Waals surface area contributed by atoms with E-state index in [1.807, 2.05) is 0 Å². The van der Waals surface area contributed by atoms with Gasteiger partial charge in [0.25, 0.3) is 12.1 Å². The fourth-order valence-corrected chi connectivity index (χ4v) is 1.82. The van der Waals surface area contributed by atoms with E-state index in [-0.39, 0.29) is 12.5 Å². The molecule has 5 nitrogen and oxygen atoms in total. The minimum absolute atomic E-state index is 0.238. The number of hydrogen-bond acceptors (Lipinski definition) is 4. The molecular formula is C11H10BrNO4. The molecule has 0 saturated carbocycles. The van der Waals surface area contributed by atoms with Crippen LogP contribution >= 0.6 is 15.9 Å². The first-order valence-corrected chi connectivity index (χ1v) is 5.85. The standard InChI is InChI=1S/C11H10BrNO4/c1-2-16-11(15)10-13-9(14)7-5-6(12)3-4-8(7)17-10/h3-5,10H,2H2,1H3,(H,13,14)/t10-/m1/s1. The minimum Gasteiger partial charge on any atom is -0.462 e. The molecule has 1 aliphatic heterocycles. The second-order valence-corrected chi connectivity index (χ2v) is 4.28. The van der Waals surface area contributed by atoms with Crippen LogP contribution in [0.25, 0.3) is 0 Å². The van der Waals surface area contributed by atoms with Crippen LogP contribution in [-0.2, 0) is 9.53 Å². The van der Waals surface area contributed by atoms with Crippen LogP contribution in [0.15, 0.2) is 22.7 Å². The van der Waals surface area contributed by atoms with Gasteiger partial charge in [-0.05, 0) is 25.1 Å². The summed E-state index contributed by atoms with van der Waals surface area (Å²) in [4.78, 5) is 23.2. The molecule has 90 valence electrons. The van der Waals surface area contributed by atoms with Gasteiger partial charge in [-0.1, -0.05) is 15.9 Å². The Labute approximate surface area is 106 Å². The normalized spacial score (nSPS) is 17.8. The lowest BCUT2D eigenvalue weighted by Crippen LogP contribution is -2.49. The predicted molar refractivity (Wildman–Crippen MR) is 62.7 cm³/mol.